The topological polar surface area (TPSA) is 67.9 Å². The molecule has 0 unspecified atom stereocenters. The summed E-state index contributed by atoms with van der Waals surface area (Å²) in [6, 6.07) is 7.30. The van der Waals surface area contributed by atoms with E-state index < -0.39 is 0 Å². The van der Waals surface area contributed by atoms with E-state index in [0.717, 1.165) is 30.9 Å². The maximum atomic E-state index is 12.3. The highest BCUT2D eigenvalue weighted by molar-refractivity contribution is 6.00. The van der Waals surface area contributed by atoms with E-state index in [0.29, 0.717) is 13.1 Å². The summed E-state index contributed by atoms with van der Waals surface area (Å²) in [5, 5.41) is 2.91. The molecule has 0 bridgehead atoms. The predicted octanol–water partition coefficient (Wildman–Crippen LogP) is 1.34. The fraction of sp³-hybridized carbons (Fsp3) is 0.529. The van der Waals surface area contributed by atoms with Crippen LogP contribution in [0.2, 0.25) is 0 Å². The summed E-state index contributed by atoms with van der Waals surface area (Å²) in [5.74, 6) is 0.356. The minimum absolute atomic E-state index is 0.0209. The Hall–Kier alpha value is -2.08. The van der Waals surface area contributed by atoms with Crippen LogP contribution in [0, 0.1) is 5.92 Å². The molecule has 2 fully saturated rings. The standard InChI is InChI=1S/C17H22N2O4/c1-22-14-6-4-13(5-7-14)19-11-12(9-16(19)20)17(21)18-10-15-3-2-8-23-15/h4-7,12,15H,2-3,8-11H2,1H3,(H,18,21)/t12-,15-/m0/s1. The first kappa shape index (κ1) is 15.8. The largest absolute Gasteiger partial charge is 0.497 e. The molecular weight excluding hydrogens is 296 g/mol. The molecule has 2 saturated heterocycles. The first-order chi connectivity index (χ1) is 11.2. The van der Waals surface area contributed by atoms with Gasteiger partial charge in [0.2, 0.25) is 11.8 Å². The molecule has 124 valence electrons. The average molecular weight is 318 g/mol. The molecule has 3 rings (SSSR count). The normalized spacial score (nSPS) is 24.0. The molecular formula is C17H22N2O4. The van der Waals surface area contributed by atoms with Gasteiger partial charge in [0.15, 0.2) is 0 Å². The van der Waals surface area contributed by atoms with E-state index in [1.54, 1.807) is 12.0 Å². The molecule has 0 radical (unpaired) electrons. The number of ether oxygens (including phenoxy) is 2. The van der Waals surface area contributed by atoms with Gasteiger partial charge >= 0.3 is 0 Å². The van der Waals surface area contributed by atoms with Crippen LogP contribution >= 0.6 is 0 Å². The van der Waals surface area contributed by atoms with E-state index in [-0.39, 0.29) is 30.3 Å². The van der Waals surface area contributed by atoms with E-state index in [9.17, 15) is 9.59 Å². The first-order valence-corrected chi connectivity index (χ1v) is 8.01. The zero-order valence-corrected chi connectivity index (χ0v) is 13.3. The highest BCUT2D eigenvalue weighted by Gasteiger charge is 2.35. The number of hydrogen-bond donors (Lipinski definition) is 1. The summed E-state index contributed by atoms with van der Waals surface area (Å²) >= 11 is 0. The Labute approximate surface area is 135 Å². The number of rotatable bonds is 5. The van der Waals surface area contributed by atoms with Crippen molar-refractivity contribution in [3.63, 3.8) is 0 Å². The van der Waals surface area contributed by atoms with Gasteiger partial charge in [0.25, 0.3) is 0 Å². The van der Waals surface area contributed by atoms with Gasteiger partial charge in [0.1, 0.15) is 5.75 Å². The molecule has 2 aliphatic heterocycles. The van der Waals surface area contributed by atoms with Crippen LogP contribution in [-0.4, -0.2) is 44.7 Å². The molecule has 6 nitrogen and oxygen atoms in total. The minimum atomic E-state index is -0.300. The average Bonchev–Trinajstić information content (AvgIpc) is 3.22. The molecule has 2 aliphatic rings. The third kappa shape index (κ3) is 3.64. The quantitative estimate of drug-likeness (QED) is 0.890. The Kier molecular flexibility index (Phi) is 4.81. The second kappa shape index (κ2) is 7.00. The Morgan fingerprint density at radius 1 is 1.39 bits per heavy atom. The lowest BCUT2D eigenvalue weighted by atomic mass is 10.1. The molecule has 23 heavy (non-hydrogen) atoms. The van der Waals surface area contributed by atoms with Gasteiger partial charge in [-0.3, -0.25) is 9.59 Å². The van der Waals surface area contributed by atoms with Crippen molar-refractivity contribution in [3.05, 3.63) is 24.3 Å². The van der Waals surface area contributed by atoms with E-state index in [2.05, 4.69) is 5.32 Å². The van der Waals surface area contributed by atoms with Crippen LogP contribution in [-0.2, 0) is 14.3 Å². The third-order valence-electron chi connectivity index (χ3n) is 4.41. The fourth-order valence-corrected chi connectivity index (χ4v) is 3.06. The summed E-state index contributed by atoms with van der Waals surface area (Å²) in [6.07, 6.45) is 2.41. The summed E-state index contributed by atoms with van der Waals surface area (Å²) in [5.41, 5.74) is 0.797. The van der Waals surface area contributed by atoms with E-state index in [1.807, 2.05) is 24.3 Å². The number of carbonyl (C=O) groups is 2. The van der Waals surface area contributed by atoms with Crippen LogP contribution in [0.1, 0.15) is 19.3 Å². The molecule has 2 heterocycles. The number of amides is 2. The molecule has 0 aromatic heterocycles. The van der Waals surface area contributed by atoms with Crippen molar-refractivity contribution in [3.8, 4) is 5.75 Å². The van der Waals surface area contributed by atoms with Gasteiger partial charge in [-0.15, -0.1) is 0 Å². The van der Waals surface area contributed by atoms with Crippen LogP contribution in [0.15, 0.2) is 24.3 Å². The van der Waals surface area contributed by atoms with Crippen molar-refractivity contribution in [2.45, 2.75) is 25.4 Å². The van der Waals surface area contributed by atoms with Gasteiger partial charge in [-0.25, -0.2) is 0 Å². The van der Waals surface area contributed by atoms with Crippen molar-refractivity contribution in [2.24, 2.45) is 5.92 Å². The second-order valence-corrected chi connectivity index (χ2v) is 5.98. The minimum Gasteiger partial charge on any atom is -0.497 e. The number of nitrogens with one attached hydrogen (secondary N) is 1. The third-order valence-corrected chi connectivity index (χ3v) is 4.41. The molecule has 0 aliphatic carbocycles. The number of benzene rings is 1. The van der Waals surface area contributed by atoms with Crippen molar-refractivity contribution in [2.75, 3.05) is 31.7 Å². The van der Waals surface area contributed by atoms with Gasteiger partial charge in [-0.1, -0.05) is 0 Å². The first-order valence-electron chi connectivity index (χ1n) is 8.01. The molecule has 2 amide bonds. The zero-order chi connectivity index (χ0) is 16.2. The molecule has 0 spiro atoms. The SMILES string of the molecule is COc1ccc(N2C[C@@H](C(=O)NC[C@@H]3CCCO3)CC2=O)cc1. The molecule has 1 aromatic carbocycles. The second-order valence-electron chi connectivity index (χ2n) is 5.98. The highest BCUT2D eigenvalue weighted by Crippen LogP contribution is 2.27. The molecule has 2 atom stereocenters. The number of anilines is 1. The van der Waals surface area contributed by atoms with E-state index >= 15 is 0 Å². The van der Waals surface area contributed by atoms with Crippen LogP contribution in [0.4, 0.5) is 5.69 Å². The van der Waals surface area contributed by atoms with Crippen molar-refractivity contribution in [1.29, 1.82) is 0 Å². The summed E-state index contributed by atoms with van der Waals surface area (Å²) in [4.78, 5) is 26.1. The van der Waals surface area contributed by atoms with Gasteiger partial charge < -0.3 is 19.7 Å². The van der Waals surface area contributed by atoms with E-state index in [4.69, 9.17) is 9.47 Å². The number of methoxy groups -OCH3 is 1. The Balaban J connectivity index is 1.56. The maximum absolute atomic E-state index is 12.3. The lowest BCUT2D eigenvalue weighted by molar-refractivity contribution is -0.126. The molecule has 6 heteroatoms. The van der Waals surface area contributed by atoms with Crippen molar-refractivity contribution < 1.29 is 19.1 Å². The van der Waals surface area contributed by atoms with Crippen LogP contribution in [0.3, 0.4) is 0 Å². The summed E-state index contributed by atoms with van der Waals surface area (Å²) in [6.45, 7) is 1.72. The summed E-state index contributed by atoms with van der Waals surface area (Å²) < 4.78 is 10.6. The maximum Gasteiger partial charge on any atom is 0.227 e. The van der Waals surface area contributed by atoms with E-state index in [1.165, 1.54) is 0 Å². The number of carbonyl (C=O) groups excluding carboxylic acids is 2. The number of hydrogen-bond acceptors (Lipinski definition) is 4. The monoisotopic (exact) mass is 318 g/mol. The summed E-state index contributed by atoms with van der Waals surface area (Å²) in [7, 11) is 1.60. The lowest BCUT2D eigenvalue weighted by Crippen LogP contribution is -2.37. The van der Waals surface area contributed by atoms with Crippen LogP contribution < -0.4 is 15.0 Å². The predicted molar refractivity (Wildman–Crippen MR) is 85.4 cm³/mol. The van der Waals surface area contributed by atoms with Gasteiger partial charge in [0, 0.05) is 31.8 Å². The highest BCUT2D eigenvalue weighted by atomic mass is 16.5. The smallest absolute Gasteiger partial charge is 0.227 e. The molecule has 1 N–H and O–H groups in total. The Morgan fingerprint density at radius 3 is 2.83 bits per heavy atom. The Bertz CT molecular complexity index is 566. The number of nitrogens with zero attached hydrogens (tertiary/aromatic N) is 1. The molecule has 1 aromatic rings. The lowest BCUT2D eigenvalue weighted by Gasteiger charge is -2.17. The van der Waals surface area contributed by atoms with Gasteiger partial charge in [-0.05, 0) is 37.1 Å². The van der Waals surface area contributed by atoms with Gasteiger partial charge in [-0.2, -0.15) is 0 Å². The van der Waals surface area contributed by atoms with Crippen molar-refractivity contribution in [1.82, 2.24) is 5.32 Å². The zero-order valence-electron chi connectivity index (χ0n) is 13.3. The fourth-order valence-electron chi connectivity index (χ4n) is 3.06. The van der Waals surface area contributed by atoms with Gasteiger partial charge in [0.05, 0.1) is 19.1 Å². The van der Waals surface area contributed by atoms with Crippen LogP contribution in [0.25, 0.3) is 0 Å². The van der Waals surface area contributed by atoms with Crippen LogP contribution in [0.5, 0.6) is 5.75 Å². The van der Waals surface area contributed by atoms with Crippen molar-refractivity contribution >= 4 is 17.5 Å². The Morgan fingerprint density at radius 2 is 2.17 bits per heavy atom. The molecule has 0 saturated carbocycles.